The number of aromatic nitrogens is 1. The number of carbonyl (C=O) groups excluding carboxylic acids is 2. The zero-order valence-electron chi connectivity index (χ0n) is 19.3. The van der Waals surface area contributed by atoms with Gasteiger partial charge in [-0.1, -0.05) is 39.0 Å². The van der Waals surface area contributed by atoms with E-state index in [-0.39, 0.29) is 36.1 Å². The van der Waals surface area contributed by atoms with Crippen molar-refractivity contribution in [1.29, 1.82) is 0 Å². The molecule has 2 aliphatic heterocycles. The fourth-order valence-electron chi connectivity index (χ4n) is 4.60. The van der Waals surface area contributed by atoms with Crippen molar-refractivity contribution in [3.63, 3.8) is 0 Å². The van der Waals surface area contributed by atoms with Gasteiger partial charge in [0, 0.05) is 44.5 Å². The van der Waals surface area contributed by atoms with Crippen LogP contribution in [0, 0.1) is 12.8 Å². The SMILES string of the molecule is Cc1cc(C(C)C)cnc1N1CCN(C(=O)c2ccc([C@@H]3C(=O)NCC3C)cc2)CC1.Cl. The normalized spacial score (nSPS) is 20.8. The van der Waals surface area contributed by atoms with Gasteiger partial charge in [-0.15, -0.1) is 12.4 Å². The number of rotatable bonds is 4. The van der Waals surface area contributed by atoms with Gasteiger partial charge >= 0.3 is 0 Å². The van der Waals surface area contributed by atoms with Crippen molar-refractivity contribution in [2.75, 3.05) is 37.6 Å². The second-order valence-electron chi connectivity index (χ2n) is 9.17. The topological polar surface area (TPSA) is 65.5 Å². The Bertz CT molecular complexity index is 968. The molecule has 1 aromatic heterocycles. The van der Waals surface area contributed by atoms with Crippen LogP contribution >= 0.6 is 12.4 Å². The van der Waals surface area contributed by atoms with Crippen LogP contribution in [0.3, 0.4) is 0 Å². The molecule has 7 heteroatoms. The van der Waals surface area contributed by atoms with Gasteiger partial charge in [0.15, 0.2) is 0 Å². The van der Waals surface area contributed by atoms with E-state index in [0.29, 0.717) is 31.1 Å². The molecule has 1 aromatic carbocycles. The highest BCUT2D eigenvalue weighted by molar-refractivity contribution is 5.94. The van der Waals surface area contributed by atoms with Crippen molar-refractivity contribution >= 4 is 30.0 Å². The maximum Gasteiger partial charge on any atom is 0.253 e. The Hall–Kier alpha value is -2.60. The molecule has 2 fully saturated rings. The summed E-state index contributed by atoms with van der Waals surface area (Å²) in [5.74, 6) is 1.76. The van der Waals surface area contributed by atoms with E-state index in [1.165, 1.54) is 11.1 Å². The molecular weight excluding hydrogens is 424 g/mol. The first-order valence-corrected chi connectivity index (χ1v) is 11.2. The molecule has 2 saturated heterocycles. The Morgan fingerprint density at radius 3 is 2.31 bits per heavy atom. The lowest BCUT2D eigenvalue weighted by atomic mass is 9.89. The summed E-state index contributed by atoms with van der Waals surface area (Å²) in [6, 6.07) is 9.80. The first-order valence-electron chi connectivity index (χ1n) is 11.2. The van der Waals surface area contributed by atoms with Gasteiger partial charge < -0.3 is 15.1 Å². The van der Waals surface area contributed by atoms with Crippen LogP contribution in [0.4, 0.5) is 5.82 Å². The van der Waals surface area contributed by atoms with Crippen molar-refractivity contribution < 1.29 is 9.59 Å². The number of nitrogens with one attached hydrogen (secondary N) is 1. The predicted molar refractivity (Wildman–Crippen MR) is 130 cm³/mol. The molecular formula is C25H33ClN4O2. The fourth-order valence-corrected chi connectivity index (χ4v) is 4.60. The molecule has 2 amide bonds. The van der Waals surface area contributed by atoms with Gasteiger partial charge in [0.25, 0.3) is 5.91 Å². The van der Waals surface area contributed by atoms with Gasteiger partial charge in [0.1, 0.15) is 5.82 Å². The van der Waals surface area contributed by atoms with Crippen LogP contribution in [-0.4, -0.2) is 54.4 Å². The maximum atomic E-state index is 13.0. The van der Waals surface area contributed by atoms with Gasteiger partial charge in [-0.3, -0.25) is 9.59 Å². The third-order valence-corrected chi connectivity index (χ3v) is 6.57. The zero-order chi connectivity index (χ0) is 22.1. The monoisotopic (exact) mass is 456 g/mol. The Balaban J connectivity index is 0.00000289. The second kappa shape index (κ2) is 9.90. The van der Waals surface area contributed by atoms with Crippen molar-refractivity contribution in [3.05, 3.63) is 58.8 Å². The lowest BCUT2D eigenvalue weighted by Crippen LogP contribution is -2.49. The number of aryl methyl sites for hydroxylation is 1. The Kier molecular flexibility index (Phi) is 7.44. The first kappa shape index (κ1) is 24.1. The van der Waals surface area contributed by atoms with E-state index in [1.54, 1.807) is 0 Å². The van der Waals surface area contributed by atoms with Gasteiger partial charge in [-0.2, -0.15) is 0 Å². The number of carbonyl (C=O) groups is 2. The molecule has 1 N–H and O–H groups in total. The number of nitrogens with zero attached hydrogens (tertiary/aromatic N) is 3. The molecule has 0 aliphatic carbocycles. The van der Waals surface area contributed by atoms with Crippen LogP contribution < -0.4 is 10.2 Å². The summed E-state index contributed by atoms with van der Waals surface area (Å²) in [5.41, 5.74) is 4.10. The Labute approximate surface area is 196 Å². The molecule has 172 valence electrons. The minimum absolute atomic E-state index is 0. The quantitative estimate of drug-likeness (QED) is 0.761. The molecule has 0 radical (unpaired) electrons. The molecule has 2 aliphatic rings. The molecule has 3 heterocycles. The van der Waals surface area contributed by atoms with Crippen LogP contribution in [-0.2, 0) is 4.79 Å². The fraction of sp³-hybridized carbons (Fsp3) is 0.480. The van der Waals surface area contributed by atoms with Gasteiger partial charge in [0.2, 0.25) is 5.91 Å². The average Bonchev–Trinajstić information content (AvgIpc) is 3.11. The summed E-state index contributed by atoms with van der Waals surface area (Å²) in [5, 5.41) is 2.91. The van der Waals surface area contributed by atoms with Crippen molar-refractivity contribution in [2.24, 2.45) is 5.92 Å². The van der Waals surface area contributed by atoms with E-state index in [2.05, 4.69) is 44.0 Å². The van der Waals surface area contributed by atoms with Crippen molar-refractivity contribution in [1.82, 2.24) is 15.2 Å². The molecule has 2 atom stereocenters. The predicted octanol–water partition coefficient (Wildman–Crippen LogP) is 3.75. The highest BCUT2D eigenvalue weighted by Crippen LogP contribution is 2.29. The lowest BCUT2D eigenvalue weighted by molar-refractivity contribution is -0.120. The number of anilines is 1. The molecule has 1 unspecified atom stereocenters. The Morgan fingerprint density at radius 1 is 1.12 bits per heavy atom. The maximum absolute atomic E-state index is 13.0. The van der Waals surface area contributed by atoms with E-state index >= 15 is 0 Å². The lowest BCUT2D eigenvalue weighted by Gasteiger charge is -2.36. The summed E-state index contributed by atoms with van der Waals surface area (Å²) in [6.45, 7) is 12.2. The largest absolute Gasteiger partial charge is 0.355 e. The van der Waals surface area contributed by atoms with E-state index in [0.717, 1.165) is 24.5 Å². The van der Waals surface area contributed by atoms with Gasteiger partial charge in [-0.25, -0.2) is 4.98 Å². The molecule has 2 aromatic rings. The summed E-state index contributed by atoms with van der Waals surface area (Å²) in [6.07, 6.45) is 1.97. The highest BCUT2D eigenvalue weighted by Gasteiger charge is 2.33. The number of benzene rings is 1. The summed E-state index contributed by atoms with van der Waals surface area (Å²) in [7, 11) is 0. The van der Waals surface area contributed by atoms with E-state index in [1.807, 2.05) is 35.4 Å². The van der Waals surface area contributed by atoms with Gasteiger partial charge in [0.05, 0.1) is 5.92 Å². The molecule has 4 rings (SSSR count). The number of halogens is 1. The number of piperazine rings is 1. The first-order chi connectivity index (χ1) is 14.8. The minimum Gasteiger partial charge on any atom is -0.355 e. The molecule has 6 nitrogen and oxygen atoms in total. The van der Waals surface area contributed by atoms with Crippen molar-refractivity contribution in [2.45, 2.75) is 39.5 Å². The van der Waals surface area contributed by atoms with Crippen LogP contribution in [0.2, 0.25) is 0 Å². The molecule has 0 spiro atoms. The number of pyridine rings is 1. The van der Waals surface area contributed by atoms with Crippen LogP contribution in [0.1, 0.15) is 59.7 Å². The van der Waals surface area contributed by atoms with E-state index in [9.17, 15) is 9.59 Å². The van der Waals surface area contributed by atoms with E-state index < -0.39 is 0 Å². The highest BCUT2D eigenvalue weighted by atomic mass is 35.5. The third-order valence-electron chi connectivity index (χ3n) is 6.57. The summed E-state index contributed by atoms with van der Waals surface area (Å²) < 4.78 is 0. The smallest absolute Gasteiger partial charge is 0.253 e. The van der Waals surface area contributed by atoms with Crippen LogP contribution in [0.15, 0.2) is 36.5 Å². The zero-order valence-corrected chi connectivity index (χ0v) is 20.1. The minimum atomic E-state index is -0.120. The number of amides is 2. The standard InChI is InChI=1S/C25H32N4O2.ClH/c1-16(2)21-13-17(3)23(26-15-21)28-9-11-29(12-10-28)25(31)20-7-5-19(6-8-20)22-18(4)14-27-24(22)30;/h5-8,13,15-16,18,22H,9-12,14H2,1-4H3,(H,27,30);1H/t18?,22-;/m1./s1. The van der Waals surface area contributed by atoms with Crippen LogP contribution in [0.5, 0.6) is 0 Å². The van der Waals surface area contributed by atoms with E-state index in [4.69, 9.17) is 4.98 Å². The van der Waals surface area contributed by atoms with Crippen LogP contribution in [0.25, 0.3) is 0 Å². The number of hydrogen-bond donors (Lipinski definition) is 1. The van der Waals surface area contributed by atoms with Crippen molar-refractivity contribution in [3.8, 4) is 0 Å². The molecule has 32 heavy (non-hydrogen) atoms. The third kappa shape index (κ3) is 4.75. The summed E-state index contributed by atoms with van der Waals surface area (Å²) >= 11 is 0. The average molecular weight is 457 g/mol. The second-order valence-corrected chi connectivity index (χ2v) is 9.17. The Morgan fingerprint density at radius 2 is 1.78 bits per heavy atom. The summed E-state index contributed by atoms with van der Waals surface area (Å²) in [4.78, 5) is 34.0. The number of hydrogen-bond acceptors (Lipinski definition) is 4. The van der Waals surface area contributed by atoms with Gasteiger partial charge in [-0.05, 0) is 47.6 Å². The molecule has 0 bridgehead atoms. The molecule has 0 saturated carbocycles.